The second-order valence-corrected chi connectivity index (χ2v) is 7.79. The molecule has 1 aliphatic carbocycles. The van der Waals surface area contributed by atoms with Crippen molar-refractivity contribution in [1.29, 1.82) is 5.26 Å². The first-order chi connectivity index (χ1) is 13.2. The maximum absolute atomic E-state index is 10.4. The Balaban J connectivity index is 1.43. The van der Waals surface area contributed by atoms with E-state index in [1.165, 1.54) is 37.8 Å². The first-order valence-corrected chi connectivity index (χ1v) is 9.67. The van der Waals surface area contributed by atoms with Gasteiger partial charge in [0.1, 0.15) is 0 Å². The molecule has 5 rings (SSSR count). The Morgan fingerprint density at radius 3 is 2.96 bits per heavy atom. The molecule has 5 heteroatoms. The van der Waals surface area contributed by atoms with Gasteiger partial charge in [0.15, 0.2) is 5.88 Å². The number of nitriles is 1. The zero-order valence-electron chi connectivity index (χ0n) is 15.2. The van der Waals surface area contributed by atoms with E-state index in [-0.39, 0.29) is 5.88 Å². The van der Waals surface area contributed by atoms with E-state index in [1.54, 1.807) is 12.1 Å². The molecule has 136 valence electrons. The fraction of sp³-hybridized carbons (Fsp3) is 0.364. The third-order valence-electron chi connectivity index (χ3n) is 6.25. The summed E-state index contributed by atoms with van der Waals surface area (Å²) in [5.41, 5.74) is 3.96. The summed E-state index contributed by atoms with van der Waals surface area (Å²) in [7, 11) is 0. The van der Waals surface area contributed by atoms with E-state index >= 15 is 0 Å². The van der Waals surface area contributed by atoms with Crippen molar-refractivity contribution >= 4 is 10.9 Å². The largest absolute Gasteiger partial charge is 0.494 e. The van der Waals surface area contributed by atoms with Crippen molar-refractivity contribution in [3.05, 3.63) is 47.7 Å². The van der Waals surface area contributed by atoms with Crippen LogP contribution in [0.15, 0.2) is 36.5 Å². The number of benzene rings is 1. The summed E-state index contributed by atoms with van der Waals surface area (Å²) in [5, 5.41) is 20.3. The van der Waals surface area contributed by atoms with Gasteiger partial charge in [0.2, 0.25) is 0 Å². The van der Waals surface area contributed by atoms with Crippen molar-refractivity contribution in [2.45, 2.75) is 38.3 Å². The van der Waals surface area contributed by atoms with Gasteiger partial charge in [0.05, 0.1) is 22.9 Å². The van der Waals surface area contributed by atoms with Crippen molar-refractivity contribution in [1.82, 2.24) is 14.9 Å². The van der Waals surface area contributed by atoms with Gasteiger partial charge in [-0.1, -0.05) is 12.5 Å². The van der Waals surface area contributed by atoms with Gasteiger partial charge in [-0.05, 0) is 61.6 Å². The fourth-order valence-corrected chi connectivity index (χ4v) is 4.94. The van der Waals surface area contributed by atoms with Crippen LogP contribution in [-0.4, -0.2) is 32.6 Å². The van der Waals surface area contributed by atoms with E-state index in [0.29, 0.717) is 11.1 Å². The molecule has 2 fully saturated rings. The highest BCUT2D eigenvalue weighted by Crippen LogP contribution is 2.39. The number of nitrogens with one attached hydrogen (secondary N) is 1. The number of aromatic amines is 1. The lowest BCUT2D eigenvalue weighted by Crippen LogP contribution is -2.29. The third kappa shape index (κ3) is 2.77. The summed E-state index contributed by atoms with van der Waals surface area (Å²) in [4.78, 5) is 10.2. The van der Waals surface area contributed by atoms with Crippen LogP contribution in [0, 0.1) is 17.2 Å². The molecule has 1 saturated heterocycles. The normalized spacial score (nSPS) is 22.2. The molecular formula is C22H22N4O. The zero-order chi connectivity index (χ0) is 18.4. The highest BCUT2D eigenvalue weighted by atomic mass is 16.3. The Kier molecular flexibility index (Phi) is 3.87. The summed E-state index contributed by atoms with van der Waals surface area (Å²) in [5.74, 6) is 0.989. The molecule has 0 bridgehead atoms. The van der Waals surface area contributed by atoms with Crippen LogP contribution in [0.5, 0.6) is 5.88 Å². The van der Waals surface area contributed by atoms with E-state index in [1.807, 2.05) is 18.3 Å². The molecule has 1 aromatic carbocycles. The van der Waals surface area contributed by atoms with Crippen molar-refractivity contribution in [3.63, 3.8) is 0 Å². The second kappa shape index (κ2) is 6.40. The Bertz CT molecular complexity index is 1030. The van der Waals surface area contributed by atoms with Crippen LogP contribution in [-0.2, 0) is 6.54 Å². The average molecular weight is 358 g/mol. The van der Waals surface area contributed by atoms with Crippen LogP contribution in [0.25, 0.3) is 22.2 Å². The van der Waals surface area contributed by atoms with E-state index in [9.17, 15) is 5.11 Å². The predicted molar refractivity (Wildman–Crippen MR) is 104 cm³/mol. The molecule has 2 aromatic heterocycles. The first kappa shape index (κ1) is 16.3. The van der Waals surface area contributed by atoms with Gasteiger partial charge >= 0.3 is 0 Å². The quantitative estimate of drug-likeness (QED) is 0.736. The number of pyridine rings is 1. The van der Waals surface area contributed by atoms with Crippen LogP contribution >= 0.6 is 0 Å². The van der Waals surface area contributed by atoms with Crippen molar-refractivity contribution in [2.75, 3.05) is 6.54 Å². The van der Waals surface area contributed by atoms with E-state index < -0.39 is 0 Å². The SMILES string of the molecule is N#Cc1ccc2[nH]c(O)c(-c3ccc(CN4CC[C@@H]5CCC[C@@H]54)cn3)c2c1. The molecule has 0 unspecified atom stereocenters. The van der Waals surface area contributed by atoms with Gasteiger partial charge in [-0.15, -0.1) is 0 Å². The summed E-state index contributed by atoms with van der Waals surface area (Å²) < 4.78 is 0. The summed E-state index contributed by atoms with van der Waals surface area (Å²) in [6.07, 6.45) is 7.35. The molecular weight excluding hydrogens is 336 g/mol. The molecule has 5 nitrogen and oxygen atoms in total. The number of H-pyrrole nitrogens is 1. The van der Waals surface area contributed by atoms with Crippen molar-refractivity contribution in [2.24, 2.45) is 5.92 Å². The van der Waals surface area contributed by atoms with Crippen LogP contribution < -0.4 is 0 Å². The number of nitrogens with zero attached hydrogens (tertiary/aromatic N) is 3. The minimum absolute atomic E-state index is 0.0914. The first-order valence-electron chi connectivity index (χ1n) is 9.67. The molecule has 1 aliphatic heterocycles. The molecule has 2 aliphatic rings. The van der Waals surface area contributed by atoms with Crippen molar-refractivity contribution in [3.8, 4) is 23.2 Å². The number of fused-ring (bicyclic) bond motifs is 2. The lowest BCUT2D eigenvalue weighted by Gasteiger charge is -2.23. The molecule has 27 heavy (non-hydrogen) atoms. The van der Waals surface area contributed by atoms with Crippen molar-refractivity contribution < 1.29 is 5.11 Å². The Morgan fingerprint density at radius 1 is 1.22 bits per heavy atom. The monoisotopic (exact) mass is 358 g/mol. The zero-order valence-corrected chi connectivity index (χ0v) is 15.2. The van der Waals surface area contributed by atoms with Crippen LogP contribution in [0.3, 0.4) is 0 Å². The fourth-order valence-electron chi connectivity index (χ4n) is 4.94. The molecule has 3 heterocycles. The standard InChI is InChI=1S/C22H22N4O/c23-11-14-4-6-18-17(10-14)21(22(27)25-18)19-7-5-15(12-24-19)13-26-9-8-16-2-1-3-20(16)26/h4-7,10,12,16,20,25,27H,1-3,8-9,13H2/t16-,20-/m0/s1. The number of hydrogen-bond acceptors (Lipinski definition) is 4. The highest BCUT2D eigenvalue weighted by molar-refractivity contribution is 5.98. The molecule has 0 spiro atoms. The average Bonchev–Trinajstić information content (AvgIpc) is 3.37. The van der Waals surface area contributed by atoms with Gasteiger partial charge in [0, 0.05) is 29.7 Å². The maximum Gasteiger partial charge on any atom is 0.199 e. The van der Waals surface area contributed by atoms with E-state index in [4.69, 9.17) is 5.26 Å². The van der Waals surface area contributed by atoms with Gasteiger partial charge in [-0.2, -0.15) is 5.26 Å². The Morgan fingerprint density at radius 2 is 2.15 bits per heavy atom. The third-order valence-corrected chi connectivity index (χ3v) is 6.25. The molecule has 2 atom stereocenters. The minimum atomic E-state index is 0.0914. The highest BCUT2D eigenvalue weighted by Gasteiger charge is 2.37. The summed E-state index contributed by atoms with van der Waals surface area (Å²) >= 11 is 0. The van der Waals surface area contributed by atoms with Crippen LogP contribution in [0.1, 0.15) is 36.8 Å². The molecule has 0 radical (unpaired) electrons. The second-order valence-electron chi connectivity index (χ2n) is 7.79. The van der Waals surface area contributed by atoms with Gasteiger partial charge < -0.3 is 10.1 Å². The maximum atomic E-state index is 10.4. The molecule has 0 amide bonds. The van der Waals surface area contributed by atoms with E-state index in [0.717, 1.165) is 35.1 Å². The molecule has 3 aromatic rings. The minimum Gasteiger partial charge on any atom is -0.494 e. The Hall–Kier alpha value is -2.84. The topological polar surface area (TPSA) is 75.9 Å². The summed E-state index contributed by atoms with van der Waals surface area (Å²) in [6, 6.07) is 12.3. The van der Waals surface area contributed by atoms with Gasteiger partial charge in [0.25, 0.3) is 0 Å². The number of aromatic hydroxyl groups is 1. The number of rotatable bonds is 3. The summed E-state index contributed by atoms with van der Waals surface area (Å²) in [6.45, 7) is 2.14. The predicted octanol–water partition coefficient (Wildman–Crippen LogP) is 4.18. The van der Waals surface area contributed by atoms with Gasteiger partial charge in [-0.3, -0.25) is 9.88 Å². The van der Waals surface area contributed by atoms with Crippen LogP contribution in [0.2, 0.25) is 0 Å². The lowest BCUT2D eigenvalue weighted by molar-refractivity contribution is 0.232. The Labute approximate surface area is 158 Å². The lowest BCUT2D eigenvalue weighted by atomic mass is 10.0. The number of hydrogen-bond donors (Lipinski definition) is 2. The van der Waals surface area contributed by atoms with Gasteiger partial charge in [-0.25, -0.2) is 0 Å². The van der Waals surface area contributed by atoms with E-state index in [2.05, 4.69) is 27.0 Å². The number of likely N-dealkylation sites (tertiary alicyclic amines) is 1. The molecule has 1 saturated carbocycles. The molecule has 2 N–H and O–H groups in total. The van der Waals surface area contributed by atoms with Crippen LogP contribution in [0.4, 0.5) is 0 Å². The number of aromatic nitrogens is 2. The smallest absolute Gasteiger partial charge is 0.199 e.